The van der Waals surface area contributed by atoms with Crippen LogP contribution in [0.3, 0.4) is 0 Å². The van der Waals surface area contributed by atoms with Crippen LogP contribution in [0.1, 0.15) is 44.7 Å². The largest absolute Gasteiger partial charge is 0.341 e. The average Bonchev–Trinajstić information content (AvgIpc) is 3.08. The van der Waals surface area contributed by atoms with E-state index in [-0.39, 0.29) is 11.9 Å². The maximum atomic E-state index is 12.4. The predicted molar refractivity (Wildman–Crippen MR) is 85.4 cm³/mol. The van der Waals surface area contributed by atoms with Crippen molar-refractivity contribution in [2.45, 2.75) is 54.7 Å². The lowest BCUT2D eigenvalue weighted by Gasteiger charge is -2.31. The number of hydrogen-bond acceptors (Lipinski definition) is 4. The lowest BCUT2D eigenvalue weighted by molar-refractivity contribution is -0.132. The van der Waals surface area contributed by atoms with E-state index >= 15 is 0 Å². The van der Waals surface area contributed by atoms with E-state index in [1.165, 1.54) is 9.77 Å². The Balaban J connectivity index is 1.67. The molecule has 0 bridgehead atoms. The summed E-state index contributed by atoms with van der Waals surface area (Å²) in [5.74, 6) is 0.269. The molecule has 0 aromatic carbocycles. The summed E-state index contributed by atoms with van der Waals surface area (Å²) in [5, 5.41) is 6.35. The van der Waals surface area contributed by atoms with E-state index in [4.69, 9.17) is 0 Å². The van der Waals surface area contributed by atoms with Gasteiger partial charge < -0.3 is 4.90 Å². The molecule has 2 aliphatic rings. The van der Waals surface area contributed by atoms with Crippen LogP contribution < -0.4 is 5.32 Å². The second kappa shape index (κ2) is 6.08. The van der Waals surface area contributed by atoms with Crippen molar-refractivity contribution < 1.29 is 4.79 Å². The molecule has 0 spiro atoms. The van der Waals surface area contributed by atoms with Gasteiger partial charge in [-0.2, -0.15) is 0 Å². The van der Waals surface area contributed by atoms with Crippen LogP contribution in [0, 0.1) is 0 Å². The molecule has 2 aliphatic heterocycles. The number of thiophene rings is 1. The van der Waals surface area contributed by atoms with Crippen molar-refractivity contribution in [2.75, 3.05) is 13.1 Å². The molecule has 0 aliphatic carbocycles. The van der Waals surface area contributed by atoms with Crippen molar-refractivity contribution in [3.05, 3.63) is 17.0 Å². The van der Waals surface area contributed by atoms with Crippen LogP contribution in [0.5, 0.6) is 0 Å². The molecule has 3 rings (SSSR count). The van der Waals surface area contributed by atoms with Crippen LogP contribution >= 0.6 is 23.1 Å². The highest BCUT2D eigenvalue weighted by molar-refractivity contribution is 8.01. The van der Waals surface area contributed by atoms with Crippen LogP contribution in [0.2, 0.25) is 0 Å². The third kappa shape index (κ3) is 2.90. The molecule has 0 saturated carbocycles. The normalized spacial score (nSPS) is 27.4. The van der Waals surface area contributed by atoms with Gasteiger partial charge in [-0.3, -0.25) is 10.1 Å². The molecule has 20 heavy (non-hydrogen) atoms. The summed E-state index contributed by atoms with van der Waals surface area (Å²) in [7, 11) is 0. The second-order valence-corrected chi connectivity index (χ2v) is 8.42. The van der Waals surface area contributed by atoms with E-state index in [0.717, 1.165) is 32.4 Å². The molecule has 2 unspecified atom stereocenters. The molecule has 5 heteroatoms. The average molecular weight is 310 g/mol. The van der Waals surface area contributed by atoms with Gasteiger partial charge in [0.25, 0.3) is 0 Å². The summed E-state index contributed by atoms with van der Waals surface area (Å²) in [6.45, 7) is 6.16. The molecule has 110 valence electrons. The zero-order valence-electron chi connectivity index (χ0n) is 12.1. The molecule has 1 amide bonds. The second-order valence-electron chi connectivity index (χ2n) is 5.80. The minimum atomic E-state index is -0.0823. The number of carbonyl (C=O) groups is 1. The number of nitrogens with one attached hydrogen (secondary N) is 1. The number of amides is 1. The lowest BCUT2D eigenvalue weighted by atomic mass is 10.0. The molecule has 1 fully saturated rings. The Kier molecular flexibility index (Phi) is 4.38. The van der Waals surface area contributed by atoms with E-state index in [1.54, 1.807) is 0 Å². The summed E-state index contributed by atoms with van der Waals surface area (Å²) in [6, 6.07) is 2.46. The molecule has 3 nitrogen and oxygen atoms in total. The SMILES string of the molecule is CC(NC1C[C@H](C)Sc2sccc21)C(=O)N1CCCC1. The monoisotopic (exact) mass is 310 g/mol. The Bertz CT molecular complexity index is 482. The van der Waals surface area contributed by atoms with Crippen LogP contribution in [0.25, 0.3) is 0 Å². The Morgan fingerprint density at radius 2 is 2.20 bits per heavy atom. The van der Waals surface area contributed by atoms with Gasteiger partial charge in [0.15, 0.2) is 0 Å². The lowest BCUT2D eigenvalue weighted by Crippen LogP contribution is -2.45. The van der Waals surface area contributed by atoms with E-state index in [2.05, 4.69) is 23.7 Å². The van der Waals surface area contributed by atoms with E-state index < -0.39 is 0 Å². The number of nitrogens with zero attached hydrogens (tertiary/aromatic N) is 1. The van der Waals surface area contributed by atoms with Gasteiger partial charge in [-0.25, -0.2) is 0 Å². The van der Waals surface area contributed by atoms with Crippen molar-refractivity contribution in [3.8, 4) is 0 Å². The van der Waals surface area contributed by atoms with Crippen LogP contribution in [0.4, 0.5) is 0 Å². The zero-order valence-corrected chi connectivity index (χ0v) is 13.7. The number of likely N-dealkylation sites (tertiary alicyclic amines) is 1. The Morgan fingerprint density at radius 1 is 1.45 bits per heavy atom. The number of fused-ring (bicyclic) bond motifs is 1. The van der Waals surface area contributed by atoms with Crippen LogP contribution in [0.15, 0.2) is 15.7 Å². The van der Waals surface area contributed by atoms with Crippen molar-refractivity contribution in [1.29, 1.82) is 0 Å². The number of hydrogen-bond donors (Lipinski definition) is 1. The maximum absolute atomic E-state index is 12.4. The first-order valence-corrected chi connectivity index (χ1v) is 9.20. The molecule has 1 saturated heterocycles. The molecule has 0 radical (unpaired) electrons. The Labute approximate surface area is 129 Å². The van der Waals surface area contributed by atoms with E-state index in [0.29, 0.717) is 11.3 Å². The van der Waals surface area contributed by atoms with Crippen molar-refractivity contribution in [2.24, 2.45) is 0 Å². The minimum absolute atomic E-state index is 0.0823. The fourth-order valence-corrected chi connectivity index (χ4v) is 5.66. The van der Waals surface area contributed by atoms with Crippen molar-refractivity contribution >= 4 is 29.0 Å². The highest BCUT2D eigenvalue weighted by Crippen LogP contribution is 2.43. The number of rotatable bonds is 3. The fourth-order valence-electron chi connectivity index (χ4n) is 3.09. The van der Waals surface area contributed by atoms with Gasteiger partial charge >= 0.3 is 0 Å². The van der Waals surface area contributed by atoms with Gasteiger partial charge in [0.2, 0.25) is 5.91 Å². The summed E-state index contributed by atoms with van der Waals surface area (Å²) in [5.41, 5.74) is 1.39. The summed E-state index contributed by atoms with van der Waals surface area (Å²) < 4.78 is 1.42. The predicted octanol–water partition coefficient (Wildman–Crippen LogP) is 3.27. The van der Waals surface area contributed by atoms with Gasteiger partial charge in [-0.1, -0.05) is 6.92 Å². The smallest absolute Gasteiger partial charge is 0.239 e. The molecular formula is C15H22N2OS2. The van der Waals surface area contributed by atoms with Crippen LogP contribution in [-0.2, 0) is 4.79 Å². The summed E-state index contributed by atoms with van der Waals surface area (Å²) in [6.07, 6.45) is 3.42. The number of thioether (sulfide) groups is 1. The minimum Gasteiger partial charge on any atom is -0.341 e. The molecule has 3 heterocycles. The number of carbonyl (C=O) groups excluding carboxylic acids is 1. The summed E-state index contributed by atoms with van der Waals surface area (Å²) in [4.78, 5) is 14.4. The first kappa shape index (κ1) is 14.4. The van der Waals surface area contributed by atoms with Gasteiger partial charge in [0.05, 0.1) is 10.3 Å². The topological polar surface area (TPSA) is 32.3 Å². The third-order valence-corrected chi connectivity index (χ3v) is 6.49. The van der Waals surface area contributed by atoms with Crippen molar-refractivity contribution in [1.82, 2.24) is 10.2 Å². The molecule has 1 aromatic rings. The molecule has 3 atom stereocenters. The van der Waals surface area contributed by atoms with E-state index in [1.807, 2.05) is 34.9 Å². The van der Waals surface area contributed by atoms with Gasteiger partial charge in [0, 0.05) is 24.4 Å². The first-order valence-electron chi connectivity index (χ1n) is 7.44. The zero-order chi connectivity index (χ0) is 14.1. The van der Waals surface area contributed by atoms with Gasteiger partial charge in [-0.15, -0.1) is 23.1 Å². The highest BCUT2D eigenvalue weighted by atomic mass is 32.2. The van der Waals surface area contributed by atoms with Crippen LogP contribution in [-0.4, -0.2) is 35.2 Å². The first-order chi connectivity index (χ1) is 9.65. The Hall–Kier alpha value is -0.520. The van der Waals surface area contributed by atoms with E-state index in [9.17, 15) is 4.79 Å². The molecule has 1 N–H and O–H groups in total. The quantitative estimate of drug-likeness (QED) is 0.930. The van der Waals surface area contributed by atoms with Gasteiger partial charge in [0.1, 0.15) is 0 Å². The molecular weight excluding hydrogens is 288 g/mol. The standard InChI is InChI=1S/C15H22N2OS2/c1-10-9-13(12-5-8-19-15(12)20-10)16-11(2)14(18)17-6-3-4-7-17/h5,8,10-11,13,16H,3-4,6-7,9H2,1-2H3/t10-,11?,13?/m0/s1. The highest BCUT2D eigenvalue weighted by Gasteiger charge is 2.30. The summed E-state index contributed by atoms with van der Waals surface area (Å²) >= 11 is 3.79. The molecule has 1 aromatic heterocycles. The Morgan fingerprint density at radius 3 is 2.95 bits per heavy atom. The fraction of sp³-hybridized carbons (Fsp3) is 0.667. The maximum Gasteiger partial charge on any atom is 0.239 e. The van der Waals surface area contributed by atoms with Gasteiger partial charge in [-0.05, 0) is 43.2 Å². The third-order valence-electron chi connectivity index (χ3n) is 4.15. The van der Waals surface area contributed by atoms with Crippen molar-refractivity contribution in [3.63, 3.8) is 0 Å².